The smallest absolute Gasteiger partial charge is 0.233 e. The van der Waals surface area contributed by atoms with E-state index in [-0.39, 0.29) is 5.75 Å². The highest BCUT2D eigenvalue weighted by atomic mass is 32.2. The second-order valence-electron chi connectivity index (χ2n) is 5.29. The van der Waals surface area contributed by atoms with Gasteiger partial charge in [-0.15, -0.1) is 0 Å². The molecule has 0 aliphatic carbocycles. The molecule has 0 bridgehead atoms. The van der Waals surface area contributed by atoms with Crippen LogP contribution in [-0.2, 0) is 10.0 Å². The number of aromatic nitrogens is 1. The molecule has 0 unspecified atom stereocenters. The van der Waals surface area contributed by atoms with Crippen molar-refractivity contribution in [2.45, 2.75) is 26.2 Å². The van der Waals surface area contributed by atoms with Crippen LogP contribution in [-0.4, -0.2) is 51.2 Å². The summed E-state index contributed by atoms with van der Waals surface area (Å²) < 4.78 is 26.0. The van der Waals surface area contributed by atoms with Crippen molar-refractivity contribution in [1.29, 1.82) is 0 Å². The fraction of sp³-hybridized carbons (Fsp3) is 0.643. The van der Waals surface area contributed by atoms with Gasteiger partial charge in [0, 0.05) is 6.54 Å². The van der Waals surface area contributed by atoms with E-state index in [1.54, 1.807) is 12.3 Å². The maximum absolute atomic E-state index is 11.7. The minimum absolute atomic E-state index is 0.135. The molecule has 0 radical (unpaired) electrons. The number of hydrogen-bond donors (Lipinski definition) is 2. The monoisotopic (exact) mass is 314 g/mol. The van der Waals surface area contributed by atoms with Gasteiger partial charge in [0.25, 0.3) is 0 Å². The molecule has 6 nitrogen and oxygen atoms in total. The molecular formula is C14H26N4O2S. The first-order valence-corrected chi connectivity index (χ1v) is 8.93. The Labute approximate surface area is 128 Å². The molecule has 2 N–H and O–H groups in total. The molecule has 0 saturated carbocycles. The Hall–Kier alpha value is -1.34. The predicted molar refractivity (Wildman–Crippen MR) is 88.2 cm³/mol. The minimum Gasteiger partial charge on any atom is -0.384 e. The maximum Gasteiger partial charge on any atom is 0.233 e. The van der Waals surface area contributed by atoms with E-state index in [0.29, 0.717) is 12.2 Å². The third-order valence-electron chi connectivity index (χ3n) is 2.90. The molecule has 7 heteroatoms. The summed E-state index contributed by atoms with van der Waals surface area (Å²) in [7, 11) is 0.807. The summed E-state index contributed by atoms with van der Waals surface area (Å²) in [4.78, 5) is 6.26. The highest BCUT2D eigenvalue weighted by Crippen LogP contribution is 2.11. The molecular weight excluding hydrogens is 288 g/mol. The molecule has 1 rings (SSSR count). The van der Waals surface area contributed by atoms with Crippen LogP contribution in [0.5, 0.6) is 0 Å². The van der Waals surface area contributed by atoms with Gasteiger partial charge in [-0.05, 0) is 45.6 Å². The van der Waals surface area contributed by atoms with Crippen molar-refractivity contribution in [1.82, 2.24) is 9.88 Å². The molecule has 0 spiro atoms. The highest BCUT2D eigenvalue weighted by molar-refractivity contribution is 7.92. The van der Waals surface area contributed by atoms with Crippen molar-refractivity contribution >= 4 is 21.5 Å². The van der Waals surface area contributed by atoms with Crippen LogP contribution in [0.2, 0.25) is 0 Å². The zero-order valence-corrected chi connectivity index (χ0v) is 13.9. The Bertz CT molecular complexity index is 500. The quantitative estimate of drug-likeness (QED) is 0.646. The molecule has 0 aromatic carbocycles. The van der Waals surface area contributed by atoms with Gasteiger partial charge >= 0.3 is 0 Å². The van der Waals surface area contributed by atoms with Gasteiger partial charge in [-0.3, -0.25) is 4.72 Å². The third-order valence-corrected chi connectivity index (χ3v) is 4.25. The van der Waals surface area contributed by atoms with E-state index >= 15 is 0 Å². The van der Waals surface area contributed by atoms with Crippen LogP contribution in [0.4, 0.5) is 11.5 Å². The molecule has 1 heterocycles. The van der Waals surface area contributed by atoms with Crippen molar-refractivity contribution in [3.05, 3.63) is 18.3 Å². The van der Waals surface area contributed by atoms with Gasteiger partial charge < -0.3 is 10.2 Å². The lowest BCUT2D eigenvalue weighted by Crippen LogP contribution is -2.17. The van der Waals surface area contributed by atoms with Gasteiger partial charge in [0.05, 0.1) is 17.6 Å². The van der Waals surface area contributed by atoms with Crippen molar-refractivity contribution < 1.29 is 8.42 Å². The first kappa shape index (κ1) is 17.7. The Morgan fingerprint density at radius 1 is 1.24 bits per heavy atom. The van der Waals surface area contributed by atoms with Gasteiger partial charge in [0.15, 0.2) is 0 Å². The fourth-order valence-electron chi connectivity index (χ4n) is 1.73. The Kier molecular flexibility index (Phi) is 7.45. The van der Waals surface area contributed by atoms with E-state index in [9.17, 15) is 8.42 Å². The number of sulfonamides is 1. The number of nitrogens with zero attached hydrogens (tertiary/aromatic N) is 2. The van der Waals surface area contributed by atoms with Crippen LogP contribution < -0.4 is 10.0 Å². The van der Waals surface area contributed by atoms with E-state index in [1.165, 1.54) is 0 Å². The lowest BCUT2D eigenvalue weighted by molar-refractivity contribution is 0.405. The molecule has 0 aliphatic heterocycles. The number of nitrogens with one attached hydrogen (secondary N) is 2. The highest BCUT2D eigenvalue weighted by Gasteiger charge is 2.09. The Balaban J connectivity index is 2.43. The number of pyridine rings is 1. The zero-order valence-electron chi connectivity index (χ0n) is 13.1. The molecule has 0 fully saturated rings. The Morgan fingerprint density at radius 3 is 2.57 bits per heavy atom. The van der Waals surface area contributed by atoms with Gasteiger partial charge in [-0.1, -0.05) is 13.3 Å². The fourth-order valence-corrected chi connectivity index (χ4v) is 2.94. The molecule has 0 atom stereocenters. The molecule has 21 heavy (non-hydrogen) atoms. The predicted octanol–water partition coefficient (Wildman–Crippen LogP) is 1.99. The van der Waals surface area contributed by atoms with Crippen molar-refractivity contribution in [2.24, 2.45) is 0 Å². The van der Waals surface area contributed by atoms with Gasteiger partial charge in [0.1, 0.15) is 5.82 Å². The summed E-state index contributed by atoms with van der Waals surface area (Å²) in [5, 5.41) is 3.26. The maximum atomic E-state index is 11.7. The molecule has 120 valence electrons. The van der Waals surface area contributed by atoms with Crippen molar-refractivity contribution in [3.8, 4) is 0 Å². The second-order valence-corrected chi connectivity index (χ2v) is 7.13. The van der Waals surface area contributed by atoms with Crippen LogP contribution >= 0.6 is 0 Å². The summed E-state index contributed by atoms with van der Waals surface area (Å²) in [6.45, 7) is 3.85. The van der Waals surface area contributed by atoms with Crippen LogP contribution in [0.15, 0.2) is 18.3 Å². The summed E-state index contributed by atoms with van der Waals surface area (Å²) >= 11 is 0. The average Bonchev–Trinajstić information content (AvgIpc) is 2.42. The van der Waals surface area contributed by atoms with Crippen LogP contribution in [0, 0.1) is 0 Å². The van der Waals surface area contributed by atoms with Crippen molar-refractivity contribution in [3.63, 3.8) is 0 Å². The number of unbranched alkanes of at least 4 members (excludes halogenated alkanes) is 1. The molecule has 0 amide bonds. The third kappa shape index (κ3) is 7.87. The molecule has 0 saturated heterocycles. The topological polar surface area (TPSA) is 74.3 Å². The van der Waals surface area contributed by atoms with Gasteiger partial charge in [0.2, 0.25) is 10.0 Å². The first-order valence-electron chi connectivity index (χ1n) is 7.28. The largest absolute Gasteiger partial charge is 0.384 e. The summed E-state index contributed by atoms with van der Waals surface area (Å²) in [6, 6.07) is 3.51. The average molecular weight is 314 g/mol. The van der Waals surface area contributed by atoms with E-state index in [1.807, 2.05) is 27.1 Å². The lowest BCUT2D eigenvalue weighted by Gasteiger charge is -2.11. The van der Waals surface area contributed by atoms with Crippen LogP contribution in [0.25, 0.3) is 0 Å². The normalized spacial score (nSPS) is 11.6. The van der Waals surface area contributed by atoms with E-state index in [0.717, 1.165) is 31.6 Å². The van der Waals surface area contributed by atoms with E-state index in [2.05, 4.69) is 19.9 Å². The number of hydrogen-bond acceptors (Lipinski definition) is 5. The van der Waals surface area contributed by atoms with E-state index in [4.69, 9.17) is 0 Å². The minimum atomic E-state index is -3.28. The summed E-state index contributed by atoms with van der Waals surface area (Å²) in [6.07, 6.45) is 4.19. The SMILES string of the molecule is CCCCS(=O)(=O)Nc1ccc(NCCCN(C)C)cn1. The molecule has 0 aliphatic rings. The zero-order chi connectivity index (χ0) is 15.7. The summed E-state index contributed by atoms with van der Waals surface area (Å²) in [5.41, 5.74) is 0.894. The summed E-state index contributed by atoms with van der Waals surface area (Å²) in [5.74, 6) is 0.500. The van der Waals surface area contributed by atoms with E-state index < -0.39 is 10.0 Å². The van der Waals surface area contributed by atoms with Crippen LogP contribution in [0.3, 0.4) is 0 Å². The van der Waals surface area contributed by atoms with Gasteiger partial charge in [-0.2, -0.15) is 0 Å². The number of rotatable bonds is 10. The second kappa shape index (κ2) is 8.84. The van der Waals surface area contributed by atoms with Crippen LogP contribution in [0.1, 0.15) is 26.2 Å². The van der Waals surface area contributed by atoms with Gasteiger partial charge in [-0.25, -0.2) is 13.4 Å². The van der Waals surface area contributed by atoms with Crippen molar-refractivity contribution in [2.75, 3.05) is 43.0 Å². The number of anilines is 2. The first-order chi connectivity index (χ1) is 9.93. The lowest BCUT2D eigenvalue weighted by atomic mass is 10.3. The molecule has 1 aromatic rings. The molecule has 1 aromatic heterocycles. The Morgan fingerprint density at radius 2 is 2.00 bits per heavy atom. The standard InChI is InChI=1S/C14H26N4O2S/c1-4-5-11-21(19,20)17-14-8-7-13(12-16-14)15-9-6-10-18(2)3/h7-8,12,15H,4-6,9-11H2,1-3H3,(H,16,17).